The van der Waals surface area contributed by atoms with E-state index in [9.17, 15) is 4.79 Å². The number of amides is 1. The van der Waals surface area contributed by atoms with E-state index in [2.05, 4.69) is 37.2 Å². The van der Waals surface area contributed by atoms with Gasteiger partial charge < -0.3 is 9.84 Å². The second kappa shape index (κ2) is 6.41. The second-order valence-electron chi connectivity index (χ2n) is 6.33. The number of hydrogen-bond acceptors (Lipinski definition) is 6. The lowest BCUT2D eigenvalue weighted by atomic mass is 9.96. The molecule has 4 heterocycles. The number of carbonyl (C=O) groups excluding carboxylic acids is 1. The summed E-state index contributed by atoms with van der Waals surface area (Å²) in [7, 11) is 0. The number of nitrogens with zero attached hydrogens (tertiary/aromatic N) is 3. The molecule has 6 nitrogen and oxygen atoms in total. The highest BCUT2D eigenvalue weighted by molar-refractivity contribution is 7.07. The van der Waals surface area contributed by atoms with Crippen LogP contribution in [-0.4, -0.2) is 34.0 Å². The molecule has 23 heavy (non-hydrogen) atoms. The molecule has 2 aromatic heterocycles. The first-order valence-corrected chi connectivity index (χ1v) is 9.08. The van der Waals surface area contributed by atoms with Gasteiger partial charge in [-0.1, -0.05) is 5.16 Å². The molecule has 0 aromatic carbocycles. The van der Waals surface area contributed by atoms with Crippen LogP contribution in [0.1, 0.15) is 54.9 Å². The fourth-order valence-corrected chi connectivity index (χ4v) is 4.00. The Labute approximate surface area is 138 Å². The molecule has 0 saturated carbocycles. The maximum absolute atomic E-state index is 11.3. The molecule has 2 aliphatic heterocycles. The molecule has 7 heteroatoms. The third kappa shape index (κ3) is 3.30. The van der Waals surface area contributed by atoms with Crippen LogP contribution in [0.15, 0.2) is 21.3 Å². The summed E-state index contributed by atoms with van der Waals surface area (Å²) in [6, 6.07) is 2.10. The van der Waals surface area contributed by atoms with Crippen molar-refractivity contribution in [1.29, 1.82) is 0 Å². The molecule has 1 atom stereocenters. The van der Waals surface area contributed by atoms with Crippen LogP contribution in [-0.2, 0) is 11.3 Å². The Kier molecular flexibility index (Phi) is 4.13. The standard InChI is InChI=1S/C16H20N4O2S/c21-14-2-1-13(17-14)16-18-15(19-22-16)12-3-6-20(7-4-12)9-11-5-8-23-10-11/h5,8,10,12-13H,1-4,6-7,9H2,(H,17,21). The van der Waals surface area contributed by atoms with E-state index < -0.39 is 0 Å². The molecule has 1 N–H and O–H groups in total. The van der Waals surface area contributed by atoms with Gasteiger partial charge in [0.05, 0.1) is 0 Å². The summed E-state index contributed by atoms with van der Waals surface area (Å²) < 4.78 is 5.37. The SMILES string of the molecule is O=C1CCC(c2nc(C3CCN(Cc4ccsc4)CC3)no2)N1. The summed E-state index contributed by atoms with van der Waals surface area (Å²) in [5.74, 6) is 1.79. The van der Waals surface area contributed by atoms with Crippen molar-refractivity contribution in [3.8, 4) is 0 Å². The van der Waals surface area contributed by atoms with Gasteiger partial charge in [0.15, 0.2) is 5.82 Å². The van der Waals surface area contributed by atoms with E-state index in [0.717, 1.165) is 44.7 Å². The molecular formula is C16H20N4O2S. The van der Waals surface area contributed by atoms with Crippen molar-refractivity contribution in [2.24, 2.45) is 0 Å². The molecule has 0 aliphatic carbocycles. The third-order valence-electron chi connectivity index (χ3n) is 4.69. The highest BCUT2D eigenvalue weighted by atomic mass is 32.1. The number of piperidine rings is 1. The van der Waals surface area contributed by atoms with E-state index in [-0.39, 0.29) is 11.9 Å². The fourth-order valence-electron chi connectivity index (χ4n) is 3.34. The van der Waals surface area contributed by atoms with Crippen LogP contribution < -0.4 is 5.32 Å². The number of aromatic nitrogens is 2. The third-order valence-corrected chi connectivity index (χ3v) is 5.42. The topological polar surface area (TPSA) is 71.3 Å². The molecule has 2 aliphatic rings. The zero-order chi connectivity index (χ0) is 15.6. The largest absolute Gasteiger partial charge is 0.344 e. The summed E-state index contributed by atoms with van der Waals surface area (Å²) in [4.78, 5) is 18.3. The summed E-state index contributed by atoms with van der Waals surface area (Å²) >= 11 is 1.75. The summed E-state index contributed by atoms with van der Waals surface area (Å²) in [5, 5.41) is 11.4. The van der Waals surface area contributed by atoms with Crippen molar-refractivity contribution in [2.75, 3.05) is 13.1 Å². The van der Waals surface area contributed by atoms with Crippen LogP contribution in [0.5, 0.6) is 0 Å². The van der Waals surface area contributed by atoms with Crippen molar-refractivity contribution < 1.29 is 9.32 Å². The van der Waals surface area contributed by atoms with Gasteiger partial charge >= 0.3 is 0 Å². The van der Waals surface area contributed by atoms with E-state index in [1.165, 1.54) is 5.56 Å². The number of likely N-dealkylation sites (tertiary alicyclic amines) is 1. The van der Waals surface area contributed by atoms with E-state index >= 15 is 0 Å². The minimum atomic E-state index is -0.0950. The molecule has 4 rings (SSSR count). The van der Waals surface area contributed by atoms with Crippen molar-refractivity contribution in [3.63, 3.8) is 0 Å². The first-order chi connectivity index (χ1) is 11.3. The highest BCUT2D eigenvalue weighted by Crippen LogP contribution is 2.29. The number of nitrogens with one attached hydrogen (secondary N) is 1. The van der Waals surface area contributed by atoms with Crippen LogP contribution in [0.4, 0.5) is 0 Å². The van der Waals surface area contributed by atoms with Gasteiger partial charge in [0.1, 0.15) is 6.04 Å². The summed E-state index contributed by atoms with van der Waals surface area (Å²) in [6.07, 6.45) is 3.41. The van der Waals surface area contributed by atoms with Crippen LogP contribution >= 0.6 is 11.3 Å². The molecule has 0 spiro atoms. The lowest BCUT2D eigenvalue weighted by Gasteiger charge is -2.30. The molecule has 0 radical (unpaired) electrons. The van der Waals surface area contributed by atoms with E-state index in [1.54, 1.807) is 11.3 Å². The van der Waals surface area contributed by atoms with E-state index in [0.29, 0.717) is 18.2 Å². The van der Waals surface area contributed by atoms with Crippen LogP contribution in [0, 0.1) is 0 Å². The lowest BCUT2D eigenvalue weighted by Crippen LogP contribution is -2.32. The normalized spacial score (nSPS) is 23.3. The maximum Gasteiger partial charge on any atom is 0.249 e. The summed E-state index contributed by atoms with van der Waals surface area (Å²) in [6.45, 7) is 3.15. The molecule has 2 fully saturated rings. The lowest BCUT2D eigenvalue weighted by molar-refractivity contribution is -0.119. The van der Waals surface area contributed by atoms with E-state index in [1.807, 2.05) is 0 Å². The monoisotopic (exact) mass is 332 g/mol. The van der Waals surface area contributed by atoms with Crippen molar-refractivity contribution >= 4 is 17.2 Å². The van der Waals surface area contributed by atoms with Gasteiger partial charge in [-0.3, -0.25) is 9.69 Å². The van der Waals surface area contributed by atoms with Gasteiger partial charge in [-0.2, -0.15) is 16.3 Å². The Morgan fingerprint density at radius 3 is 2.91 bits per heavy atom. The number of rotatable bonds is 4. The molecule has 0 bridgehead atoms. The average Bonchev–Trinajstić information content (AvgIpc) is 3.29. The first kappa shape index (κ1) is 14.8. The average molecular weight is 332 g/mol. The molecule has 2 aromatic rings. The van der Waals surface area contributed by atoms with Crippen molar-refractivity contribution in [1.82, 2.24) is 20.4 Å². The molecule has 1 unspecified atom stereocenters. The van der Waals surface area contributed by atoms with Crippen LogP contribution in [0.2, 0.25) is 0 Å². The van der Waals surface area contributed by atoms with Crippen molar-refractivity contribution in [2.45, 2.75) is 44.2 Å². The number of hydrogen-bond donors (Lipinski definition) is 1. The minimum Gasteiger partial charge on any atom is -0.344 e. The van der Waals surface area contributed by atoms with Crippen molar-refractivity contribution in [3.05, 3.63) is 34.1 Å². The van der Waals surface area contributed by atoms with Gasteiger partial charge in [0, 0.05) is 18.9 Å². The molecular weight excluding hydrogens is 312 g/mol. The van der Waals surface area contributed by atoms with E-state index in [4.69, 9.17) is 4.52 Å². The van der Waals surface area contributed by atoms with Gasteiger partial charge in [-0.25, -0.2) is 0 Å². The molecule has 122 valence electrons. The maximum atomic E-state index is 11.3. The molecule has 1 amide bonds. The minimum absolute atomic E-state index is 0.0662. The molecule has 2 saturated heterocycles. The fraction of sp³-hybridized carbons (Fsp3) is 0.562. The Morgan fingerprint density at radius 2 is 2.22 bits per heavy atom. The quantitative estimate of drug-likeness (QED) is 0.931. The zero-order valence-corrected chi connectivity index (χ0v) is 13.7. The highest BCUT2D eigenvalue weighted by Gasteiger charge is 2.30. The predicted octanol–water partition coefficient (Wildman–Crippen LogP) is 2.46. The Hall–Kier alpha value is -1.73. The van der Waals surface area contributed by atoms with Gasteiger partial charge in [-0.05, 0) is 54.7 Å². The Morgan fingerprint density at radius 1 is 1.35 bits per heavy atom. The predicted molar refractivity (Wildman–Crippen MR) is 86.0 cm³/mol. The van der Waals surface area contributed by atoms with Crippen LogP contribution in [0.3, 0.4) is 0 Å². The van der Waals surface area contributed by atoms with Gasteiger partial charge in [-0.15, -0.1) is 0 Å². The first-order valence-electron chi connectivity index (χ1n) is 8.14. The smallest absolute Gasteiger partial charge is 0.249 e. The van der Waals surface area contributed by atoms with Gasteiger partial charge in [0.25, 0.3) is 0 Å². The second-order valence-corrected chi connectivity index (χ2v) is 7.11. The Balaban J connectivity index is 1.33. The number of thiophene rings is 1. The number of carbonyl (C=O) groups is 1. The Bertz CT molecular complexity index is 661. The van der Waals surface area contributed by atoms with Crippen LogP contribution in [0.25, 0.3) is 0 Å². The van der Waals surface area contributed by atoms with Gasteiger partial charge in [0.2, 0.25) is 11.8 Å². The summed E-state index contributed by atoms with van der Waals surface area (Å²) in [5.41, 5.74) is 1.40. The zero-order valence-electron chi connectivity index (χ0n) is 12.9.